The molecule has 0 spiro atoms. The fourth-order valence-corrected chi connectivity index (χ4v) is 3.28. The van der Waals surface area contributed by atoms with Crippen LogP contribution in [0.1, 0.15) is 26.2 Å². The highest BCUT2D eigenvalue weighted by molar-refractivity contribution is 14.0. The summed E-state index contributed by atoms with van der Waals surface area (Å²) in [6.45, 7) is 2.49. The first-order valence-corrected chi connectivity index (χ1v) is 8.06. The highest BCUT2D eigenvalue weighted by Crippen LogP contribution is 2.36. The van der Waals surface area contributed by atoms with E-state index in [0.717, 1.165) is 6.54 Å². The Morgan fingerprint density at radius 3 is 2.64 bits per heavy atom. The predicted molar refractivity (Wildman–Crippen MR) is 96.4 cm³/mol. The van der Waals surface area contributed by atoms with Crippen LogP contribution >= 0.6 is 35.7 Å². The number of aliphatic imine (C=N–C) groups is 1. The molecule has 1 heterocycles. The minimum atomic E-state index is -4.25. The maximum Gasteiger partial charge on any atom is 0.411 e. The lowest BCUT2D eigenvalue weighted by molar-refractivity contribution is -0.173. The van der Waals surface area contributed by atoms with Gasteiger partial charge in [0.15, 0.2) is 5.96 Å². The summed E-state index contributed by atoms with van der Waals surface area (Å²) in [5, 5.41) is 6.34. The summed E-state index contributed by atoms with van der Waals surface area (Å²) in [7, 11) is 1.68. The molecule has 0 aromatic heterocycles. The van der Waals surface area contributed by atoms with Crippen LogP contribution in [0.4, 0.5) is 13.2 Å². The van der Waals surface area contributed by atoms with Crippen molar-refractivity contribution in [3.63, 3.8) is 0 Å². The van der Waals surface area contributed by atoms with Crippen LogP contribution in [0.5, 0.6) is 0 Å². The van der Waals surface area contributed by atoms with Crippen LogP contribution in [0.25, 0.3) is 0 Å². The Kier molecular flexibility index (Phi) is 10.8. The molecule has 9 heteroatoms. The monoisotopic (exact) mass is 455 g/mol. The second-order valence-electron chi connectivity index (χ2n) is 5.28. The van der Waals surface area contributed by atoms with E-state index in [1.54, 1.807) is 7.05 Å². The van der Waals surface area contributed by atoms with Crippen molar-refractivity contribution in [2.24, 2.45) is 4.99 Å². The van der Waals surface area contributed by atoms with Crippen molar-refractivity contribution >= 4 is 41.7 Å². The van der Waals surface area contributed by atoms with Gasteiger partial charge in [-0.05, 0) is 31.9 Å². The molecule has 0 aromatic carbocycles. The third-order valence-electron chi connectivity index (χ3n) is 3.18. The van der Waals surface area contributed by atoms with Crippen LogP contribution in [0.3, 0.4) is 0 Å². The molecular weight excluding hydrogens is 430 g/mol. The second-order valence-corrected chi connectivity index (χ2v) is 6.96. The zero-order valence-corrected chi connectivity index (χ0v) is 16.1. The van der Waals surface area contributed by atoms with Gasteiger partial charge in [-0.15, -0.1) is 24.0 Å². The third kappa shape index (κ3) is 9.98. The summed E-state index contributed by atoms with van der Waals surface area (Å²) in [5.41, 5.74) is 0. The molecule has 132 valence electrons. The van der Waals surface area contributed by atoms with Gasteiger partial charge in [0.25, 0.3) is 0 Å². The van der Waals surface area contributed by atoms with Crippen LogP contribution in [-0.4, -0.2) is 56.0 Å². The molecule has 1 saturated heterocycles. The summed E-state index contributed by atoms with van der Waals surface area (Å²) in [6.07, 6.45) is -1.32. The first-order chi connectivity index (χ1) is 9.85. The molecule has 1 rings (SSSR count). The molecule has 0 saturated carbocycles. The van der Waals surface area contributed by atoms with Gasteiger partial charge in [-0.2, -0.15) is 24.9 Å². The van der Waals surface area contributed by atoms with E-state index in [-0.39, 0.29) is 35.3 Å². The standard InChI is InChI=1S/C13H24F3N3OS.HI/c1-12(5-3-8-21-12)9-19-11(17-2)18-6-4-7-20-10-13(14,15)16;/h3-10H2,1-2H3,(H2,17,18,19);1H. The molecule has 0 radical (unpaired) electrons. The Hall–Kier alpha value is 0.1000. The first kappa shape index (κ1) is 22.1. The number of ether oxygens (including phenoxy) is 1. The summed E-state index contributed by atoms with van der Waals surface area (Å²) in [4.78, 5) is 4.10. The molecule has 22 heavy (non-hydrogen) atoms. The number of guanidine groups is 1. The fourth-order valence-electron chi connectivity index (χ4n) is 2.04. The smallest absolute Gasteiger partial charge is 0.372 e. The van der Waals surface area contributed by atoms with Crippen molar-refractivity contribution in [1.29, 1.82) is 0 Å². The van der Waals surface area contributed by atoms with Gasteiger partial charge in [-0.1, -0.05) is 0 Å². The van der Waals surface area contributed by atoms with E-state index >= 15 is 0 Å². The topological polar surface area (TPSA) is 45.7 Å². The zero-order chi connectivity index (χ0) is 15.8. The number of halogens is 4. The number of nitrogens with zero attached hydrogens (tertiary/aromatic N) is 1. The first-order valence-electron chi connectivity index (χ1n) is 7.08. The van der Waals surface area contributed by atoms with Crippen LogP contribution < -0.4 is 10.6 Å². The van der Waals surface area contributed by atoms with E-state index in [9.17, 15) is 13.2 Å². The molecule has 1 fully saturated rings. The van der Waals surface area contributed by atoms with E-state index < -0.39 is 12.8 Å². The van der Waals surface area contributed by atoms with E-state index in [0.29, 0.717) is 18.9 Å². The maximum absolute atomic E-state index is 11.9. The van der Waals surface area contributed by atoms with Crippen molar-refractivity contribution in [3.8, 4) is 0 Å². The molecule has 1 atom stereocenters. The van der Waals surface area contributed by atoms with Crippen LogP contribution in [0.15, 0.2) is 4.99 Å². The van der Waals surface area contributed by atoms with Gasteiger partial charge in [-0.25, -0.2) is 0 Å². The Morgan fingerprint density at radius 2 is 2.09 bits per heavy atom. The fraction of sp³-hybridized carbons (Fsp3) is 0.923. The van der Waals surface area contributed by atoms with Gasteiger partial charge >= 0.3 is 6.18 Å². The second kappa shape index (κ2) is 10.8. The maximum atomic E-state index is 11.9. The summed E-state index contributed by atoms with van der Waals surface area (Å²) >= 11 is 1.96. The van der Waals surface area contributed by atoms with Crippen molar-refractivity contribution in [1.82, 2.24) is 10.6 Å². The molecule has 4 nitrogen and oxygen atoms in total. The van der Waals surface area contributed by atoms with Crippen LogP contribution in [0, 0.1) is 0 Å². The highest BCUT2D eigenvalue weighted by atomic mass is 127. The van der Waals surface area contributed by atoms with Gasteiger partial charge in [0.2, 0.25) is 0 Å². The molecule has 1 unspecified atom stereocenters. The average Bonchev–Trinajstić information content (AvgIpc) is 2.83. The molecule has 0 aliphatic carbocycles. The van der Waals surface area contributed by atoms with Gasteiger partial charge in [0.1, 0.15) is 6.61 Å². The van der Waals surface area contributed by atoms with Gasteiger partial charge in [0.05, 0.1) is 0 Å². The zero-order valence-electron chi connectivity index (χ0n) is 13.0. The number of hydrogen-bond acceptors (Lipinski definition) is 3. The molecule has 0 amide bonds. The average molecular weight is 455 g/mol. The number of hydrogen-bond donors (Lipinski definition) is 2. The number of alkyl halides is 3. The van der Waals surface area contributed by atoms with Crippen LogP contribution in [0.2, 0.25) is 0 Å². The number of nitrogens with one attached hydrogen (secondary N) is 2. The van der Waals surface area contributed by atoms with Crippen molar-refractivity contribution < 1.29 is 17.9 Å². The lowest BCUT2D eigenvalue weighted by Crippen LogP contribution is -2.44. The van der Waals surface area contributed by atoms with E-state index in [4.69, 9.17) is 0 Å². The molecule has 2 N–H and O–H groups in total. The summed E-state index contributed by atoms with van der Waals surface area (Å²) < 4.78 is 40.4. The lowest BCUT2D eigenvalue weighted by Gasteiger charge is -2.24. The summed E-state index contributed by atoms with van der Waals surface area (Å²) in [6, 6.07) is 0. The lowest BCUT2D eigenvalue weighted by atomic mass is 10.1. The van der Waals surface area contributed by atoms with Crippen LogP contribution in [-0.2, 0) is 4.74 Å². The van der Waals surface area contributed by atoms with Crippen molar-refractivity contribution in [3.05, 3.63) is 0 Å². The highest BCUT2D eigenvalue weighted by Gasteiger charge is 2.29. The third-order valence-corrected chi connectivity index (χ3v) is 4.72. The van der Waals surface area contributed by atoms with Crippen molar-refractivity contribution in [2.45, 2.75) is 37.1 Å². The SMILES string of the molecule is CN=C(NCCCOCC(F)(F)F)NCC1(C)CCCS1.I. The normalized spacial score (nSPS) is 22.3. The van der Waals surface area contributed by atoms with Gasteiger partial charge in [-0.3, -0.25) is 4.99 Å². The number of rotatable bonds is 7. The largest absolute Gasteiger partial charge is 0.411 e. The Labute approximate surface area is 151 Å². The molecular formula is C13H25F3IN3OS. The Bertz CT molecular complexity index is 337. The Balaban J connectivity index is 0.00000441. The minimum Gasteiger partial charge on any atom is -0.372 e. The van der Waals surface area contributed by atoms with Gasteiger partial charge in [0, 0.05) is 31.5 Å². The van der Waals surface area contributed by atoms with E-state index in [1.165, 1.54) is 18.6 Å². The minimum absolute atomic E-state index is 0. The van der Waals surface area contributed by atoms with Gasteiger partial charge < -0.3 is 15.4 Å². The van der Waals surface area contributed by atoms with E-state index in [2.05, 4.69) is 27.3 Å². The molecule has 0 aromatic rings. The molecule has 1 aliphatic heterocycles. The Morgan fingerprint density at radius 1 is 1.36 bits per heavy atom. The van der Waals surface area contributed by atoms with E-state index in [1.807, 2.05) is 11.8 Å². The molecule has 0 bridgehead atoms. The summed E-state index contributed by atoms with van der Waals surface area (Å²) in [5.74, 6) is 1.88. The number of thioether (sulfide) groups is 1. The molecule has 1 aliphatic rings. The predicted octanol–water partition coefficient (Wildman–Crippen LogP) is 3.02. The van der Waals surface area contributed by atoms with Crippen molar-refractivity contribution in [2.75, 3.05) is 39.1 Å². The quantitative estimate of drug-likeness (QED) is 0.268.